The van der Waals surface area contributed by atoms with E-state index in [0.717, 1.165) is 31.6 Å². The summed E-state index contributed by atoms with van der Waals surface area (Å²) >= 11 is 3.41. The van der Waals surface area contributed by atoms with Crippen LogP contribution in [0.3, 0.4) is 0 Å². The maximum absolute atomic E-state index is 12.2. The van der Waals surface area contributed by atoms with E-state index in [-0.39, 0.29) is 5.56 Å². The largest absolute Gasteiger partial charge is 0.383 e. The second-order valence-corrected chi connectivity index (χ2v) is 5.77. The lowest BCUT2D eigenvalue weighted by molar-refractivity contribution is 0.181. The highest BCUT2D eigenvalue weighted by Crippen LogP contribution is 2.24. The summed E-state index contributed by atoms with van der Waals surface area (Å²) in [4.78, 5) is 14.4. The average Bonchev–Trinajstić information content (AvgIpc) is 2.49. The second kappa shape index (κ2) is 7.19. The minimum Gasteiger partial charge on any atom is -0.383 e. The van der Waals surface area contributed by atoms with E-state index in [4.69, 9.17) is 4.74 Å². The maximum atomic E-state index is 12.2. The van der Waals surface area contributed by atoms with Gasteiger partial charge in [0.15, 0.2) is 0 Å². The molecule has 20 heavy (non-hydrogen) atoms. The molecule has 0 spiro atoms. The van der Waals surface area contributed by atoms with E-state index in [1.807, 2.05) is 7.05 Å². The number of rotatable bonds is 5. The number of nitrogens with zero attached hydrogens (tertiary/aromatic N) is 3. The van der Waals surface area contributed by atoms with Crippen molar-refractivity contribution in [2.45, 2.75) is 25.4 Å². The van der Waals surface area contributed by atoms with Crippen LogP contribution in [-0.4, -0.2) is 49.7 Å². The molecule has 2 rings (SSSR count). The molecule has 1 unspecified atom stereocenters. The highest BCUT2D eigenvalue weighted by atomic mass is 79.9. The van der Waals surface area contributed by atoms with E-state index in [0.29, 0.717) is 23.7 Å². The lowest BCUT2D eigenvalue weighted by Crippen LogP contribution is -2.45. The molecular formula is C13H21BrN4O2. The van der Waals surface area contributed by atoms with Crippen molar-refractivity contribution in [1.29, 1.82) is 0 Å². The average molecular weight is 345 g/mol. The second-order valence-electron chi connectivity index (χ2n) is 4.98. The predicted molar refractivity (Wildman–Crippen MR) is 82.4 cm³/mol. The molecule has 1 saturated heterocycles. The number of nitrogens with one attached hydrogen (secondary N) is 1. The van der Waals surface area contributed by atoms with E-state index in [2.05, 4.69) is 31.2 Å². The quantitative estimate of drug-likeness (QED) is 0.857. The third-order valence-corrected chi connectivity index (χ3v) is 4.42. The normalized spacial score (nSPS) is 19.1. The van der Waals surface area contributed by atoms with Crippen molar-refractivity contribution in [3.63, 3.8) is 0 Å². The summed E-state index contributed by atoms with van der Waals surface area (Å²) in [5.41, 5.74) is 0.729. The van der Waals surface area contributed by atoms with Crippen LogP contribution in [0.4, 0.5) is 5.69 Å². The van der Waals surface area contributed by atoms with Crippen molar-refractivity contribution >= 4 is 21.6 Å². The van der Waals surface area contributed by atoms with Crippen molar-refractivity contribution in [3.05, 3.63) is 21.0 Å². The van der Waals surface area contributed by atoms with Gasteiger partial charge < -0.3 is 15.0 Å². The van der Waals surface area contributed by atoms with Crippen LogP contribution in [0, 0.1) is 0 Å². The minimum atomic E-state index is -0.116. The molecule has 1 aromatic rings. The molecule has 1 aliphatic rings. The molecule has 0 radical (unpaired) electrons. The topological polar surface area (TPSA) is 59.4 Å². The van der Waals surface area contributed by atoms with Gasteiger partial charge in [-0.3, -0.25) is 4.79 Å². The number of methoxy groups -OCH3 is 1. The molecule has 2 heterocycles. The first-order valence-electron chi connectivity index (χ1n) is 6.83. The van der Waals surface area contributed by atoms with Crippen LogP contribution in [0.15, 0.2) is 15.5 Å². The molecule has 0 saturated carbocycles. The standard InChI is InChI=1S/C13H21BrN4O2/c1-17(10-4-3-5-15-8-10)11-9-16-18(6-7-20-2)13(19)12(11)14/h9-10,15H,3-8H2,1-2H3. The van der Waals surface area contributed by atoms with Gasteiger partial charge in [-0.25, -0.2) is 4.68 Å². The monoisotopic (exact) mass is 344 g/mol. The Morgan fingerprint density at radius 3 is 3.10 bits per heavy atom. The van der Waals surface area contributed by atoms with E-state index < -0.39 is 0 Å². The molecule has 0 amide bonds. The predicted octanol–water partition coefficient (Wildman–Crippen LogP) is 0.840. The summed E-state index contributed by atoms with van der Waals surface area (Å²) in [6.45, 7) is 2.95. The molecule has 6 nitrogen and oxygen atoms in total. The van der Waals surface area contributed by atoms with Crippen molar-refractivity contribution in [2.75, 3.05) is 38.8 Å². The lowest BCUT2D eigenvalue weighted by atomic mass is 10.1. The Bertz CT molecular complexity index is 500. The highest BCUT2D eigenvalue weighted by molar-refractivity contribution is 9.10. The smallest absolute Gasteiger partial charge is 0.283 e. The molecule has 1 aliphatic heterocycles. The molecule has 0 aromatic carbocycles. The zero-order chi connectivity index (χ0) is 14.5. The molecule has 112 valence electrons. The van der Waals surface area contributed by atoms with Crippen LogP contribution in [0.2, 0.25) is 0 Å². The van der Waals surface area contributed by atoms with Gasteiger partial charge in [0, 0.05) is 26.7 Å². The molecule has 1 N–H and O–H groups in total. The molecule has 0 aliphatic carbocycles. The third kappa shape index (κ3) is 3.39. The van der Waals surface area contributed by atoms with Crippen LogP contribution in [0.1, 0.15) is 12.8 Å². The van der Waals surface area contributed by atoms with Gasteiger partial charge in [0.25, 0.3) is 5.56 Å². The van der Waals surface area contributed by atoms with Crippen molar-refractivity contribution in [2.24, 2.45) is 0 Å². The Labute approximate surface area is 127 Å². The molecular weight excluding hydrogens is 324 g/mol. The number of aromatic nitrogens is 2. The number of anilines is 1. The number of likely N-dealkylation sites (N-methyl/N-ethyl adjacent to an activating group) is 1. The first kappa shape index (κ1) is 15.5. The number of halogens is 1. The van der Waals surface area contributed by atoms with Gasteiger partial charge in [-0.1, -0.05) is 0 Å². The SMILES string of the molecule is COCCn1ncc(N(C)C2CCCNC2)c(Br)c1=O. The first-order chi connectivity index (χ1) is 9.65. The summed E-state index contributed by atoms with van der Waals surface area (Å²) in [6.07, 6.45) is 4.03. The minimum absolute atomic E-state index is 0.116. The van der Waals surface area contributed by atoms with Crippen LogP contribution in [-0.2, 0) is 11.3 Å². The lowest BCUT2D eigenvalue weighted by Gasteiger charge is -2.33. The van der Waals surface area contributed by atoms with Gasteiger partial charge in [0.2, 0.25) is 0 Å². The van der Waals surface area contributed by atoms with Crippen LogP contribution in [0.25, 0.3) is 0 Å². The maximum Gasteiger partial charge on any atom is 0.283 e. The van der Waals surface area contributed by atoms with Gasteiger partial charge in [0.1, 0.15) is 4.47 Å². The molecule has 1 aromatic heterocycles. The van der Waals surface area contributed by atoms with Gasteiger partial charge in [-0.15, -0.1) is 0 Å². The van der Waals surface area contributed by atoms with E-state index in [9.17, 15) is 4.79 Å². The fraction of sp³-hybridized carbons (Fsp3) is 0.692. The summed E-state index contributed by atoms with van der Waals surface area (Å²) < 4.78 is 6.97. The number of hydrogen-bond donors (Lipinski definition) is 1. The molecule has 0 bridgehead atoms. The number of hydrogen-bond acceptors (Lipinski definition) is 5. The molecule has 1 atom stereocenters. The third-order valence-electron chi connectivity index (χ3n) is 3.67. The number of ether oxygens (including phenoxy) is 1. The van der Waals surface area contributed by atoms with Crippen molar-refractivity contribution < 1.29 is 4.74 Å². The Morgan fingerprint density at radius 1 is 1.65 bits per heavy atom. The van der Waals surface area contributed by atoms with Gasteiger partial charge in [-0.2, -0.15) is 5.10 Å². The Morgan fingerprint density at radius 2 is 2.45 bits per heavy atom. The van der Waals surface area contributed by atoms with Crippen LogP contribution >= 0.6 is 15.9 Å². The fourth-order valence-electron chi connectivity index (χ4n) is 2.40. The van der Waals surface area contributed by atoms with Gasteiger partial charge in [-0.05, 0) is 35.3 Å². The Hall–Kier alpha value is -0.920. The van der Waals surface area contributed by atoms with Crippen LogP contribution < -0.4 is 15.8 Å². The van der Waals surface area contributed by atoms with Gasteiger partial charge in [0.05, 0.1) is 25.0 Å². The summed E-state index contributed by atoms with van der Waals surface area (Å²) in [5.74, 6) is 0. The van der Waals surface area contributed by atoms with Crippen molar-refractivity contribution in [1.82, 2.24) is 15.1 Å². The summed E-state index contributed by atoms with van der Waals surface area (Å²) in [5, 5.41) is 7.61. The van der Waals surface area contributed by atoms with E-state index in [1.165, 1.54) is 4.68 Å². The Balaban J connectivity index is 2.19. The number of piperidine rings is 1. The zero-order valence-electron chi connectivity index (χ0n) is 11.9. The first-order valence-corrected chi connectivity index (χ1v) is 7.62. The van der Waals surface area contributed by atoms with Crippen LogP contribution in [0.5, 0.6) is 0 Å². The van der Waals surface area contributed by atoms with Crippen molar-refractivity contribution in [3.8, 4) is 0 Å². The molecule has 1 fully saturated rings. The van der Waals surface area contributed by atoms with E-state index in [1.54, 1.807) is 13.3 Å². The van der Waals surface area contributed by atoms with Gasteiger partial charge >= 0.3 is 0 Å². The summed E-state index contributed by atoms with van der Waals surface area (Å²) in [7, 11) is 3.62. The zero-order valence-corrected chi connectivity index (χ0v) is 13.5. The summed E-state index contributed by atoms with van der Waals surface area (Å²) in [6, 6.07) is 0.399. The highest BCUT2D eigenvalue weighted by Gasteiger charge is 2.21. The van der Waals surface area contributed by atoms with E-state index >= 15 is 0 Å². The fourth-order valence-corrected chi connectivity index (χ4v) is 2.99. The molecule has 7 heteroatoms. The Kier molecular flexibility index (Phi) is 5.56.